The third-order valence-electron chi connectivity index (χ3n) is 5.14. The lowest BCUT2D eigenvalue weighted by molar-refractivity contribution is 0.309. The summed E-state index contributed by atoms with van der Waals surface area (Å²) in [5, 5.41) is 0. The summed E-state index contributed by atoms with van der Waals surface area (Å²) < 4.78 is 0. The van der Waals surface area contributed by atoms with Gasteiger partial charge in [0.25, 0.3) is 0 Å². The van der Waals surface area contributed by atoms with Crippen molar-refractivity contribution in [2.45, 2.75) is 13.0 Å². The van der Waals surface area contributed by atoms with Gasteiger partial charge in [-0.25, -0.2) is 9.97 Å². The molecule has 5 heteroatoms. The van der Waals surface area contributed by atoms with Gasteiger partial charge in [0.15, 0.2) is 0 Å². The maximum Gasteiger partial charge on any atom is 0.136 e. The van der Waals surface area contributed by atoms with E-state index in [9.17, 15) is 0 Å². The van der Waals surface area contributed by atoms with Crippen LogP contribution in [0.3, 0.4) is 0 Å². The number of fused-ring (bicyclic) bond motifs is 2. The summed E-state index contributed by atoms with van der Waals surface area (Å²) in [6.07, 6.45) is 2.82. The summed E-state index contributed by atoms with van der Waals surface area (Å²) in [7, 11) is 4.43. The Morgan fingerprint density at radius 3 is 2.50 bits per heavy atom. The number of hydrogen-bond acceptors (Lipinski definition) is 5. The molecule has 20 heavy (non-hydrogen) atoms. The lowest BCUT2D eigenvalue weighted by Crippen LogP contribution is -2.32. The monoisotopic (exact) mass is 273 g/mol. The molecule has 5 nitrogen and oxygen atoms in total. The average molecular weight is 273 g/mol. The van der Waals surface area contributed by atoms with E-state index >= 15 is 0 Å². The smallest absolute Gasteiger partial charge is 0.136 e. The van der Waals surface area contributed by atoms with Gasteiger partial charge in [-0.3, -0.25) is 0 Å². The fraction of sp³-hybridized carbons (Fsp3) is 0.733. The molecule has 4 rings (SSSR count). The molecule has 0 saturated carbocycles. The second kappa shape index (κ2) is 4.67. The Labute approximate surface area is 120 Å². The summed E-state index contributed by atoms with van der Waals surface area (Å²) >= 11 is 0. The SMILES string of the molecule is CN1CCc2ncnc(N3CC4CN(C)CC4C3)c2C1. The zero-order valence-electron chi connectivity index (χ0n) is 12.4. The second-order valence-electron chi connectivity index (χ2n) is 6.76. The minimum absolute atomic E-state index is 0.826. The molecule has 0 spiro atoms. The van der Waals surface area contributed by atoms with Gasteiger partial charge in [-0.1, -0.05) is 0 Å². The largest absolute Gasteiger partial charge is 0.356 e. The lowest BCUT2D eigenvalue weighted by atomic mass is 10.0. The fourth-order valence-corrected chi connectivity index (χ4v) is 4.13. The van der Waals surface area contributed by atoms with Crippen LogP contribution in [0, 0.1) is 11.8 Å². The van der Waals surface area contributed by atoms with Crippen molar-refractivity contribution >= 4 is 5.82 Å². The molecule has 1 aromatic heterocycles. The van der Waals surface area contributed by atoms with Crippen molar-refractivity contribution < 1.29 is 0 Å². The number of hydrogen-bond donors (Lipinski definition) is 0. The Morgan fingerprint density at radius 2 is 1.75 bits per heavy atom. The first kappa shape index (κ1) is 12.5. The minimum atomic E-state index is 0.826. The highest BCUT2D eigenvalue weighted by molar-refractivity contribution is 5.50. The van der Waals surface area contributed by atoms with Crippen LogP contribution in [0.4, 0.5) is 5.82 Å². The topological polar surface area (TPSA) is 35.5 Å². The van der Waals surface area contributed by atoms with Gasteiger partial charge in [0.1, 0.15) is 12.1 Å². The van der Waals surface area contributed by atoms with Crippen molar-refractivity contribution in [3.63, 3.8) is 0 Å². The van der Waals surface area contributed by atoms with E-state index in [1.54, 1.807) is 6.33 Å². The summed E-state index contributed by atoms with van der Waals surface area (Å²) in [6.45, 7) is 6.93. The molecule has 0 aromatic carbocycles. The van der Waals surface area contributed by atoms with Crippen molar-refractivity contribution in [2.24, 2.45) is 11.8 Å². The minimum Gasteiger partial charge on any atom is -0.356 e. The third-order valence-corrected chi connectivity index (χ3v) is 5.14. The van der Waals surface area contributed by atoms with Crippen LogP contribution in [0.1, 0.15) is 11.3 Å². The van der Waals surface area contributed by atoms with Crippen LogP contribution in [0.5, 0.6) is 0 Å². The van der Waals surface area contributed by atoms with Crippen LogP contribution >= 0.6 is 0 Å². The first-order valence-corrected chi connectivity index (χ1v) is 7.65. The molecule has 0 amide bonds. The highest BCUT2D eigenvalue weighted by Crippen LogP contribution is 2.35. The van der Waals surface area contributed by atoms with E-state index in [4.69, 9.17) is 0 Å². The molecule has 3 aliphatic heterocycles. The molecular formula is C15H23N5. The van der Waals surface area contributed by atoms with E-state index in [0.29, 0.717) is 0 Å². The Morgan fingerprint density at radius 1 is 1.00 bits per heavy atom. The van der Waals surface area contributed by atoms with Gasteiger partial charge < -0.3 is 14.7 Å². The first-order valence-electron chi connectivity index (χ1n) is 7.65. The number of likely N-dealkylation sites (N-methyl/N-ethyl adjacent to an activating group) is 1. The Bertz CT molecular complexity index is 503. The van der Waals surface area contributed by atoms with Crippen LogP contribution < -0.4 is 4.90 Å². The molecule has 0 aliphatic carbocycles. The van der Waals surface area contributed by atoms with Gasteiger partial charge in [0.2, 0.25) is 0 Å². The summed E-state index contributed by atoms with van der Waals surface area (Å²) in [4.78, 5) is 16.5. The molecule has 1 aromatic rings. The molecule has 0 N–H and O–H groups in total. The summed E-state index contributed by atoms with van der Waals surface area (Å²) in [5.41, 5.74) is 2.64. The molecule has 2 atom stereocenters. The van der Waals surface area contributed by atoms with Crippen LogP contribution in [0.2, 0.25) is 0 Å². The standard InChI is InChI=1S/C15H23N5/c1-18-4-3-14-13(9-18)15(17-10-16-14)20-7-11-5-19(2)6-12(11)8-20/h10-12H,3-9H2,1-2H3. The molecule has 108 valence electrons. The van der Waals surface area contributed by atoms with Gasteiger partial charge >= 0.3 is 0 Å². The predicted molar refractivity (Wildman–Crippen MR) is 78.8 cm³/mol. The maximum absolute atomic E-state index is 4.63. The van der Waals surface area contributed by atoms with Gasteiger partial charge in [-0.2, -0.15) is 0 Å². The predicted octanol–water partition coefficient (Wildman–Crippen LogP) is 0.462. The lowest BCUT2D eigenvalue weighted by Gasteiger charge is -2.29. The Balaban J connectivity index is 1.61. The van der Waals surface area contributed by atoms with Crippen molar-refractivity contribution in [3.8, 4) is 0 Å². The molecule has 2 unspecified atom stereocenters. The summed E-state index contributed by atoms with van der Waals surface area (Å²) in [5.74, 6) is 2.86. The van der Waals surface area contributed by atoms with Gasteiger partial charge in [-0.15, -0.1) is 0 Å². The molecule has 0 radical (unpaired) electrons. The number of nitrogens with zero attached hydrogens (tertiary/aromatic N) is 5. The molecular weight excluding hydrogens is 250 g/mol. The molecule has 3 aliphatic rings. The van der Waals surface area contributed by atoms with Crippen LogP contribution in [-0.2, 0) is 13.0 Å². The second-order valence-corrected chi connectivity index (χ2v) is 6.76. The zero-order chi connectivity index (χ0) is 13.7. The Kier molecular flexibility index (Phi) is 2.93. The maximum atomic E-state index is 4.63. The number of aromatic nitrogens is 2. The highest BCUT2D eigenvalue weighted by atomic mass is 15.3. The van der Waals surface area contributed by atoms with E-state index in [1.165, 1.54) is 43.3 Å². The number of rotatable bonds is 1. The van der Waals surface area contributed by atoms with E-state index in [-0.39, 0.29) is 0 Å². The van der Waals surface area contributed by atoms with Crippen molar-refractivity contribution in [2.75, 3.05) is 51.7 Å². The van der Waals surface area contributed by atoms with Crippen molar-refractivity contribution in [1.29, 1.82) is 0 Å². The Hall–Kier alpha value is -1.20. The van der Waals surface area contributed by atoms with Crippen molar-refractivity contribution in [1.82, 2.24) is 19.8 Å². The molecule has 0 bridgehead atoms. The zero-order valence-corrected chi connectivity index (χ0v) is 12.4. The van der Waals surface area contributed by atoms with Crippen LogP contribution in [0.15, 0.2) is 6.33 Å². The quantitative estimate of drug-likeness (QED) is 0.743. The van der Waals surface area contributed by atoms with Gasteiger partial charge in [-0.05, 0) is 25.9 Å². The van der Waals surface area contributed by atoms with E-state index in [2.05, 4.69) is 38.8 Å². The highest BCUT2D eigenvalue weighted by Gasteiger charge is 2.40. The summed E-state index contributed by atoms with van der Waals surface area (Å²) in [6, 6.07) is 0. The third kappa shape index (κ3) is 2.00. The average Bonchev–Trinajstić information content (AvgIpc) is 2.95. The molecule has 2 saturated heterocycles. The number of anilines is 1. The fourth-order valence-electron chi connectivity index (χ4n) is 4.13. The van der Waals surface area contributed by atoms with E-state index < -0.39 is 0 Å². The van der Waals surface area contributed by atoms with Crippen LogP contribution in [-0.4, -0.2) is 66.6 Å². The molecule has 4 heterocycles. The van der Waals surface area contributed by atoms with Gasteiger partial charge in [0, 0.05) is 51.3 Å². The van der Waals surface area contributed by atoms with E-state index in [1.807, 2.05) is 0 Å². The van der Waals surface area contributed by atoms with Gasteiger partial charge in [0.05, 0.1) is 5.69 Å². The van der Waals surface area contributed by atoms with E-state index in [0.717, 1.165) is 31.3 Å². The van der Waals surface area contributed by atoms with Crippen molar-refractivity contribution in [3.05, 3.63) is 17.6 Å². The van der Waals surface area contributed by atoms with Crippen LogP contribution in [0.25, 0.3) is 0 Å². The molecule has 2 fully saturated rings. The number of likely N-dealkylation sites (tertiary alicyclic amines) is 1. The first-order chi connectivity index (χ1) is 9.70. The normalized spacial score (nSPS) is 30.6.